The molecule has 1 fully saturated rings. The summed E-state index contributed by atoms with van der Waals surface area (Å²) in [5, 5.41) is 8.65. The topological polar surface area (TPSA) is 86.9 Å². The normalized spacial score (nSPS) is 17.4. The van der Waals surface area contributed by atoms with Crippen LogP contribution in [0.4, 0.5) is 4.79 Å². The third kappa shape index (κ3) is 2.59. The van der Waals surface area contributed by atoms with Crippen LogP contribution in [0.1, 0.15) is 6.42 Å². The number of carboxylic acid groups (broad SMARTS) is 1. The summed E-state index contributed by atoms with van der Waals surface area (Å²) in [6, 6.07) is 0. The summed E-state index contributed by atoms with van der Waals surface area (Å²) in [6.45, 7) is 2.02. The van der Waals surface area contributed by atoms with Gasteiger partial charge in [0, 0.05) is 19.6 Å². The molecule has 0 unspecified atom stereocenters. The number of rotatable bonds is 3. The van der Waals surface area contributed by atoms with Crippen LogP contribution in [0.3, 0.4) is 0 Å². The maximum absolute atomic E-state index is 11.4. The van der Waals surface area contributed by atoms with Crippen molar-refractivity contribution in [1.82, 2.24) is 9.80 Å². The van der Waals surface area contributed by atoms with Gasteiger partial charge in [-0.05, 0) is 13.0 Å². The van der Waals surface area contributed by atoms with E-state index in [4.69, 9.17) is 10.8 Å². The number of nitrogens with two attached hydrogens (primary N) is 1. The molecule has 0 saturated carbocycles. The van der Waals surface area contributed by atoms with E-state index in [9.17, 15) is 9.59 Å². The molecule has 0 radical (unpaired) electrons. The quantitative estimate of drug-likeness (QED) is 0.623. The van der Waals surface area contributed by atoms with Gasteiger partial charge in [-0.25, -0.2) is 4.79 Å². The van der Waals surface area contributed by atoms with Gasteiger partial charge in [-0.3, -0.25) is 9.69 Å². The molecule has 0 bridgehead atoms. The van der Waals surface area contributed by atoms with Gasteiger partial charge in [-0.2, -0.15) is 0 Å². The van der Waals surface area contributed by atoms with Crippen molar-refractivity contribution in [2.75, 3.05) is 32.7 Å². The monoisotopic (exact) mass is 201 g/mol. The second kappa shape index (κ2) is 4.80. The first-order chi connectivity index (χ1) is 6.65. The van der Waals surface area contributed by atoms with Crippen LogP contribution in [0.25, 0.3) is 0 Å². The molecule has 0 spiro atoms. The Balaban J connectivity index is 2.40. The summed E-state index contributed by atoms with van der Waals surface area (Å²) in [5.41, 5.74) is 5.32. The summed E-state index contributed by atoms with van der Waals surface area (Å²) in [6.07, 6.45) is -0.268. The van der Waals surface area contributed by atoms with E-state index in [-0.39, 0.29) is 12.5 Å². The Morgan fingerprint density at radius 2 is 2.21 bits per heavy atom. The van der Waals surface area contributed by atoms with Crippen LogP contribution >= 0.6 is 0 Å². The standard InChI is InChI=1S/C8H15N3O3/c9-2-1-3-10-4-5-11(8(13)14)6-7(10)12/h1-6,9H2,(H,13,14). The van der Waals surface area contributed by atoms with Crippen molar-refractivity contribution >= 4 is 12.0 Å². The fourth-order valence-electron chi connectivity index (χ4n) is 1.39. The number of carbonyl (C=O) groups excluding carboxylic acids is 1. The second-order valence-corrected chi connectivity index (χ2v) is 3.23. The van der Waals surface area contributed by atoms with Gasteiger partial charge in [0.15, 0.2) is 0 Å². The van der Waals surface area contributed by atoms with E-state index < -0.39 is 6.09 Å². The first kappa shape index (κ1) is 10.8. The maximum atomic E-state index is 11.4. The molecule has 80 valence electrons. The van der Waals surface area contributed by atoms with Crippen molar-refractivity contribution in [2.45, 2.75) is 6.42 Å². The lowest BCUT2D eigenvalue weighted by molar-refractivity contribution is -0.135. The summed E-state index contributed by atoms with van der Waals surface area (Å²) in [4.78, 5) is 24.7. The van der Waals surface area contributed by atoms with E-state index >= 15 is 0 Å². The predicted octanol–water partition coefficient (Wildman–Crippen LogP) is -0.843. The molecule has 0 aliphatic carbocycles. The van der Waals surface area contributed by atoms with Crippen molar-refractivity contribution in [1.29, 1.82) is 0 Å². The summed E-state index contributed by atoms with van der Waals surface area (Å²) >= 11 is 0. The van der Waals surface area contributed by atoms with Crippen LogP contribution in [0, 0.1) is 0 Å². The van der Waals surface area contributed by atoms with E-state index in [2.05, 4.69) is 0 Å². The molecule has 1 heterocycles. The Hall–Kier alpha value is -1.30. The number of piperazine rings is 1. The van der Waals surface area contributed by atoms with Crippen LogP contribution in [0.2, 0.25) is 0 Å². The van der Waals surface area contributed by atoms with Gasteiger partial charge in [0.25, 0.3) is 0 Å². The van der Waals surface area contributed by atoms with Crippen LogP contribution in [-0.2, 0) is 4.79 Å². The minimum atomic E-state index is -1.03. The lowest BCUT2D eigenvalue weighted by Crippen LogP contribution is -2.52. The van der Waals surface area contributed by atoms with E-state index in [0.717, 1.165) is 11.3 Å². The number of nitrogens with zero attached hydrogens (tertiary/aromatic N) is 2. The smallest absolute Gasteiger partial charge is 0.407 e. The van der Waals surface area contributed by atoms with Crippen molar-refractivity contribution < 1.29 is 14.7 Å². The SMILES string of the molecule is NCCCN1CCN(C(=O)O)CC1=O. The summed E-state index contributed by atoms with van der Waals surface area (Å²) in [5.74, 6) is -0.132. The van der Waals surface area contributed by atoms with Gasteiger partial charge < -0.3 is 15.7 Å². The fraction of sp³-hybridized carbons (Fsp3) is 0.750. The first-order valence-electron chi connectivity index (χ1n) is 4.61. The van der Waals surface area contributed by atoms with Crippen molar-refractivity contribution in [3.05, 3.63) is 0 Å². The Kier molecular flexibility index (Phi) is 3.70. The lowest BCUT2D eigenvalue weighted by Gasteiger charge is -2.32. The first-order valence-corrected chi connectivity index (χ1v) is 4.61. The molecule has 0 atom stereocenters. The zero-order valence-corrected chi connectivity index (χ0v) is 7.98. The zero-order valence-electron chi connectivity index (χ0n) is 7.98. The Morgan fingerprint density at radius 1 is 1.50 bits per heavy atom. The third-order valence-corrected chi connectivity index (χ3v) is 2.22. The molecule has 14 heavy (non-hydrogen) atoms. The molecular weight excluding hydrogens is 186 g/mol. The number of carbonyl (C=O) groups is 2. The highest BCUT2D eigenvalue weighted by atomic mass is 16.4. The van der Waals surface area contributed by atoms with Gasteiger partial charge in [0.1, 0.15) is 6.54 Å². The van der Waals surface area contributed by atoms with Gasteiger partial charge in [-0.15, -0.1) is 0 Å². The van der Waals surface area contributed by atoms with Crippen molar-refractivity contribution in [3.8, 4) is 0 Å². The van der Waals surface area contributed by atoms with E-state index in [0.29, 0.717) is 26.2 Å². The fourth-order valence-corrected chi connectivity index (χ4v) is 1.39. The average Bonchev–Trinajstić information content (AvgIpc) is 2.15. The Labute approximate surface area is 82.3 Å². The molecule has 1 rings (SSSR count). The van der Waals surface area contributed by atoms with Crippen LogP contribution in [-0.4, -0.2) is 59.6 Å². The largest absolute Gasteiger partial charge is 0.465 e. The lowest BCUT2D eigenvalue weighted by atomic mass is 10.3. The molecule has 1 aliphatic rings. The molecule has 0 aromatic carbocycles. The number of hydrogen-bond acceptors (Lipinski definition) is 3. The van der Waals surface area contributed by atoms with E-state index in [1.807, 2.05) is 0 Å². The number of amides is 2. The molecule has 6 nitrogen and oxygen atoms in total. The maximum Gasteiger partial charge on any atom is 0.407 e. The molecule has 2 amide bonds. The molecular formula is C8H15N3O3. The number of hydrogen-bond donors (Lipinski definition) is 2. The van der Waals surface area contributed by atoms with E-state index in [1.54, 1.807) is 4.90 Å². The van der Waals surface area contributed by atoms with Crippen LogP contribution in [0.15, 0.2) is 0 Å². The van der Waals surface area contributed by atoms with E-state index in [1.165, 1.54) is 0 Å². The van der Waals surface area contributed by atoms with Gasteiger partial charge in [-0.1, -0.05) is 0 Å². The average molecular weight is 201 g/mol. The highest BCUT2D eigenvalue weighted by Crippen LogP contribution is 2.03. The highest BCUT2D eigenvalue weighted by Gasteiger charge is 2.25. The Bertz CT molecular complexity index is 232. The molecule has 0 aromatic heterocycles. The highest BCUT2D eigenvalue weighted by molar-refractivity contribution is 5.83. The van der Waals surface area contributed by atoms with Crippen molar-refractivity contribution in [2.24, 2.45) is 5.73 Å². The van der Waals surface area contributed by atoms with Gasteiger partial charge >= 0.3 is 6.09 Å². The van der Waals surface area contributed by atoms with Gasteiger partial charge in [0.2, 0.25) is 5.91 Å². The minimum absolute atomic E-state index is 0.0279. The van der Waals surface area contributed by atoms with Crippen LogP contribution < -0.4 is 5.73 Å². The third-order valence-electron chi connectivity index (χ3n) is 2.22. The zero-order chi connectivity index (χ0) is 10.6. The molecule has 3 N–H and O–H groups in total. The van der Waals surface area contributed by atoms with Crippen molar-refractivity contribution in [3.63, 3.8) is 0 Å². The molecule has 6 heteroatoms. The summed E-state index contributed by atoms with van der Waals surface area (Å²) in [7, 11) is 0. The van der Waals surface area contributed by atoms with Crippen LogP contribution in [0.5, 0.6) is 0 Å². The molecule has 1 aliphatic heterocycles. The van der Waals surface area contributed by atoms with Gasteiger partial charge in [0.05, 0.1) is 0 Å². The predicted molar refractivity (Wildman–Crippen MR) is 49.8 cm³/mol. The Morgan fingerprint density at radius 3 is 2.71 bits per heavy atom. The molecule has 1 saturated heterocycles. The summed E-state index contributed by atoms with van der Waals surface area (Å²) < 4.78 is 0. The minimum Gasteiger partial charge on any atom is -0.465 e. The molecule has 0 aromatic rings. The second-order valence-electron chi connectivity index (χ2n) is 3.23.